The third-order valence-corrected chi connectivity index (χ3v) is 5.79. The van der Waals surface area contributed by atoms with E-state index in [-0.39, 0.29) is 0 Å². The van der Waals surface area contributed by atoms with Crippen LogP contribution in [0.5, 0.6) is 11.5 Å². The minimum absolute atomic E-state index is 0.357. The molecule has 0 atom stereocenters. The van der Waals surface area contributed by atoms with Crippen LogP contribution in [0, 0.1) is 5.92 Å². The number of ether oxygens (including phenoxy) is 2. The van der Waals surface area contributed by atoms with Crippen LogP contribution in [0.15, 0.2) is 18.2 Å². The largest absolute Gasteiger partial charge is 0.497 e. The van der Waals surface area contributed by atoms with Gasteiger partial charge in [0.25, 0.3) is 0 Å². The molecular weight excluding hydrogens is 328 g/mol. The Hall–Kier alpha value is -1.75. The van der Waals surface area contributed by atoms with Crippen molar-refractivity contribution in [3.8, 4) is 11.5 Å². The topological polar surface area (TPSA) is 42.0 Å². The van der Waals surface area contributed by atoms with E-state index >= 15 is 0 Å². The maximum absolute atomic E-state index is 12.6. The number of rotatable bonds is 6. The van der Waals surface area contributed by atoms with Crippen LogP contribution < -0.4 is 9.47 Å². The quantitative estimate of drug-likeness (QED) is 0.780. The lowest BCUT2D eigenvalue weighted by atomic mass is 9.86. The van der Waals surface area contributed by atoms with Gasteiger partial charge in [-0.1, -0.05) is 19.3 Å². The summed E-state index contributed by atoms with van der Waals surface area (Å²) in [5, 5.41) is 0. The average Bonchev–Trinajstić information content (AvgIpc) is 2.69. The van der Waals surface area contributed by atoms with Crippen LogP contribution in [0.1, 0.15) is 44.1 Å². The van der Waals surface area contributed by atoms with E-state index in [0.717, 1.165) is 56.2 Å². The lowest BCUT2D eigenvalue weighted by molar-refractivity contribution is -0.134. The van der Waals surface area contributed by atoms with Crippen molar-refractivity contribution in [2.24, 2.45) is 5.92 Å². The molecule has 0 radical (unpaired) electrons. The van der Waals surface area contributed by atoms with Gasteiger partial charge < -0.3 is 14.4 Å². The molecule has 0 aromatic heterocycles. The maximum Gasteiger partial charge on any atom is 0.222 e. The highest BCUT2D eigenvalue weighted by atomic mass is 16.5. The van der Waals surface area contributed by atoms with E-state index in [0.29, 0.717) is 11.8 Å². The molecule has 3 rings (SSSR count). The molecule has 0 bridgehead atoms. The van der Waals surface area contributed by atoms with Gasteiger partial charge in [-0.25, -0.2) is 0 Å². The number of amides is 1. The van der Waals surface area contributed by atoms with Gasteiger partial charge in [-0.15, -0.1) is 0 Å². The Morgan fingerprint density at radius 1 is 1.04 bits per heavy atom. The van der Waals surface area contributed by atoms with E-state index < -0.39 is 0 Å². The van der Waals surface area contributed by atoms with Gasteiger partial charge >= 0.3 is 0 Å². The molecule has 0 spiro atoms. The van der Waals surface area contributed by atoms with Gasteiger partial charge in [-0.2, -0.15) is 0 Å². The maximum atomic E-state index is 12.6. The fraction of sp³-hybridized carbons (Fsp3) is 0.667. The van der Waals surface area contributed by atoms with Gasteiger partial charge in [0, 0.05) is 44.7 Å². The smallest absolute Gasteiger partial charge is 0.222 e. The van der Waals surface area contributed by atoms with Gasteiger partial charge in [-0.05, 0) is 37.0 Å². The molecule has 1 amide bonds. The van der Waals surface area contributed by atoms with Crippen molar-refractivity contribution in [3.63, 3.8) is 0 Å². The summed E-state index contributed by atoms with van der Waals surface area (Å²) in [5.74, 6) is 2.72. The molecule has 5 nitrogen and oxygen atoms in total. The van der Waals surface area contributed by atoms with Crippen LogP contribution in [0.4, 0.5) is 0 Å². The molecule has 0 unspecified atom stereocenters. The van der Waals surface area contributed by atoms with E-state index in [2.05, 4.69) is 9.80 Å². The molecule has 144 valence electrons. The SMILES string of the molecule is COc1ccc(OC)c(CN2CCN(C(=O)CC3CCCCC3)CC2)c1. The van der Waals surface area contributed by atoms with Crippen molar-refractivity contribution in [3.05, 3.63) is 23.8 Å². The van der Waals surface area contributed by atoms with Crippen molar-refractivity contribution >= 4 is 5.91 Å². The molecule has 2 aliphatic rings. The highest BCUT2D eigenvalue weighted by molar-refractivity contribution is 5.76. The highest BCUT2D eigenvalue weighted by Crippen LogP contribution is 2.28. The van der Waals surface area contributed by atoms with Crippen molar-refractivity contribution in [2.45, 2.75) is 45.1 Å². The number of carbonyl (C=O) groups is 1. The van der Waals surface area contributed by atoms with Gasteiger partial charge in [0.15, 0.2) is 0 Å². The lowest BCUT2D eigenvalue weighted by Crippen LogP contribution is -2.48. The number of hydrogen-bond acceptors (Lipinski definition) is 4. The van der Waals surface area contributed by atoms with E-state index in [1.165, 1.54) is 32.1 Å². The summed E-state index contributed by atoms with van der Waals surface area (Å²) >= 11 is 0. The molecule has 1 saturated heterocycles. The number of carbonyl (C=O) groups excluding carboxylic acids is 1. The van der Waals surface area contributed by atoms with Crippen molar-refractivity contribution in [2.75, 3.05) is 40.4 Å². The van der Waals surface area contributed by atoms with E-state index in [4.69, 9.17) is 9.47 Å². The minimum atomic E-state index is 0.357. The fourth-order valence-electron chi connectivity index (χ4n) is 4.17. The van der Waals surface area contributed by atoms with Crippen LogP contribution in [0.25, 0.3) is 0 Å². The van der Waals surface area contributed by atoms with Gasteiger partial charge in [-0.3, -0.25) is 9.69 Å². The zero-order valence-corrected chi connectivity index (χ0v) is 16.2. The molecule has 1 heterocycles. The summed E-state index contributed by atoms with van der Waals surface area (Å²) in [5.41, 5.74) is 1.13. The molecule has 1 aliphatic heterocycles. The molecule has 5 heteroatoms. The van der Waals surface area contributed by atoms with E-state index in [9.17, 15) is 4.79 Å². The van der Waals surface area contributed by atoms with Crippen molar-refractivity contribution < 1.29 is 14.3 Å². The highest BCUT2D eigenvalue weighted by Gasteiger charge is 2.25. The Balaban J connectivity index is 1.50. The average molecular weight is 360 g/mol. The monoisotopic (exact) mass is 360 g/mol. The zero-order valence-electron chi connectivity index (χ0n) is 16.2. The van der Waals surface area contributed by atoms with Crippen LogP contribution >= 0.6 is 0 Å². The molecule has 26 heavy (non-hydrogen) atoms. The Kier molecular flexibility index (Phi) is 6.78. The van der Waals surface area contributed by atoms with Crippen LogP contribution in [-0.2, 0) is 11.3 Å². The van der Waals surface area contributed by atoms with Crippen molar-refractivity contribution in [1.82, 2.24) is 9.80 Å². The van der Waals surface area contributed by atoms with Crippen molar-refractivity contribution in [1.29, 1.82) is 0 Å². The predicted octanol–water partition coefficient (Wildman–Crippen LogP) is 3.32. The third-order valence-electron chi connectivity index (χ3n) is 5.79. The van der Waals surface area contributed by atoms with Crippen LogP contribution in [0.2, 0.25) is 0 Å². The number of methoxy groups -OCH3 is 2. The van der Waals surface area contributed by atoms with E-state index in [1.54, 1.807) is 14.2 Å². The molecule has 1 saturated carbocycles. The standard InChI is InChI=1S/C21H32N2O3/c1-25-19-8-9-20(26-2)18(15-19)16-22-10-12-23(13-11-22)21(24)14-17-6-4-3-5-7-17/h8-9,15,17H,3-7,10-14,16H2,1-2H3. The molecule has 1 aromatic carbocycles. The summed E-state index contributed by atoms with van der Waals surface area (Å²) in [6, 6.07) is 5.92. The second kappa shape index (κ2) is 9.26. The number of benzene rings is 1. The Morgan fingerprint density at radius 2 is 1.77 bits per heavy atom. The fourth-order valence-corrected chi connectivity index (χ4v) is 4.17. The first kappa shape index (κ1) is 19.0. The summed E-state index contributed by atoms with van der Waals surface area (Å²) in [4.78, 5) is 17.0. The van der Waals surface area contributed by atoms with Crippen LogP contribution in [0.3, 0.4) is 0 Å². The van der Waals surface area contributed by atoms with Gasteiger partial charge in [0.1, 0.15) is 11.5 Å². The molecule has 2 fully saturated rings. The summed E-state index contributed by atoms with van der Waals surface area (Å²) < 4.78 is 10.8. The summed E-state index contributed by atoms with van der Waals surface area (Å²) in [7, 11) is 3.38. The molecular formula is C21H32N2O3. The number of hydrogen-bond donors (Lipinski definition) is 0. The number of piperazine rings is 1. The van der Waals surface area contributed by atoms with Gasteiger partial charge in [0.05, 0.1) is 14.2 Å². The Bertz CT molecular complexity index is 591. The lowest BCUT2D eigenvalue weighted by Gasteiger charge is -2.36. The van der Waals surface area contributed by atoms with E-state index in [1.807, 2.05) is 18.2 Å². The molecule has 0 N–H and O–H groups in total. The Morgan fingerprint density at radius 3 is 2.42 bits per heavy atom. The summed E-state index contributed by atoms with van der Waals surface area (Å²) in [6.07, 6.45) is 7.17. The first-order valence-corrected chi connectivity index (χ1v) is 9.90. The number of nitrogens with zero attached hydrogens (tertiary/aromatic N) is 2. The first-order chi connectivity index (χ1) is 12.7. The molecule has 1 aliphatic carbocycles. The third kappa shape index (κ3) is 4.91. The minimum Gasteiger partial charge on any atom is -0.497 e. The summed E-state index contributed by atoms with van der Waals surface area (Å²) in [6.45, 7) is 4.31. The normalized spacial score (nSPS) is 19.4. The Labute approximate surface area is 157 Å². The van der Waals surface area contributed by atoms with Gasteiger partial charge in [0.2, 0.25) is 5.91 Å². The first-order valence-electron chi connectivity index (χ1n) is 9.90. The molecule has 1 aromatic rings. The second-order valence-electron chi connectivity index (χ2n) is 7.54. The zero-order chi connectivity index (χ0) is 18.4. The van der Waals surface area contributed by atoms with Crippen LogP contribution in [-0.4, -0.2) is 56.1 Å². The predicted molar refractivity (Wildman–Crippen MR) is 103 cm³/mol. The second-order valence-corrected chi connectivity index (χ2v) is 7.54.